The number of hydrogen-bond acceptors (Lipinski definition) is 6. The maximum atomic E-state index is 13.0. The van der Waals surface area contributed by atoms with Crippen molar-refractivity contribution in [2.75, 3.05) is 33.5 Å². The van der Waals surface area contributed by atoms with Crippen molar-refractivity contribution in [1.29, 1.82) is 0 Å². The normalized spacial score (nSPS) is 39.1. The van der Waals surface area contributed by atoms with Crippen LogP contribution in [0.3, 0.4) is 0 Å². The molecule has 0 aromatic rings. The molecule has 2 heterocycles. The summed E-state index contributed by atoms with van der Waals surface area (Å²) in [5, 5.41) is 6.27. The number of methoxy groups -OCH3 is 1. The molecule has 2 N–H and O–H groups in total. The first-order valence-corrected chi connectivity index (χ1v) is 10.2. The third-order valence-corrected chi connectivity index (χ3v) is 6.62. The fourth-order valence-electron chi connectivity index (χ4n) is 3.14. The van der Waals surface area contributed by atoms with Gasteiger partial charge in [0.15, 0.2) is 0 Å². The summed E-state index contributed by atoms with van der Waals surface area (Å²) in [5.74, 6) is 0. The molecule has 2 aliphatic rings. The van der Waals surface area contributed by atoms with Crippen LogP contribution in [0.2, 0.25) is 0 Å². The van der Waals surface area contributed by atoms with E-state index in [1.807, 2.05) is 14.0 Å². The van der Waals surface area contributed by atoms with E-state index in [0.717, 1.165) is 0 Å². The largest absolute Gasteiger partial charge is 0.382 e. The zero-order valence-electron chi connectivity index (χ0n) is 14.6. The third kappa shape index (κ3) is 5.31. The summed E-state index contributed by atoms with van der Waals surface area (Å²) in [4.78, 5) is 0. The lowest BCUT2D eigenvalue weighted by atomic mass is 9.95. The highest BCUT2D eigenvalue weighted by Crippen LogP contribution is 2.44. The van der Waals surface area contributed by atoms with Gasteiger partial charge in [0.1, 0.15) is 15.7 Å². The Morgan fingerprint density at radius 1 is 1.12 bits per heavy atom. The van der Waals surface area contributed by atoms with Crippen LogP contribution < -0.4 is 10.4 Å². The summed E-state index contributed by atoms with van der Waals surface area (Å²) in [7, 11) is 12.1. The standard InChI is InChI=1S/C14H27B2N2O5P/c1-4-24(19,18-10-6-14(16)22-11(10)7-20-3)21-8-12-9(17-2)5-13(15)23-12/h9-14,17H,4-8H2,1-3H3,(H,18,19)/t9?,10?,11-,12-,13-,14-,24?/m1/s1. The van der Waals surface area contributed by atoms with Crippen LogP contribution in [0.15, 0.2) is 0 Å². The summed E-state index contributed by atoms with van der Waals surface area (Å²) >= 11 is 0. The van der Waals surface area contributed by atoms with Crippen molar-refractivity contribution in [3.63, 3.8) is 0 Å². The molecule has 0 aliphatic carbocycles. The molecule has 2 saturated heterocycles. The minimum atomic E-state index is -3.04. The van der Waals surface area contributed by atoms with Crippen molar-refractivity contribution in [2.24, 2.45) is 0 Å². The first kappa shape index (κ1) is 20.4. The second kappa shape index (κ2) is 9.17. The van der Waals surface area contributed by atoms with Gasteiger partial charge in [-0.2, -0.15) is 0 Å². The van der Waals surface area contributed by atoms with Gasteiger partial charge in [-0.05, 0) is 19.9 Å². The minimum absolute atomic E-state index is 0.0924. The number of nitrogens with one attached hydrogen (secondary N) is 2. The van der Waals surface area contributed by atoms with E-state index in [9.17, 15) is 4.57 Å². The summed E-state index contributed by atoms with van der Waals surface area (Å²) in [6, 6.07) is -0.789. The predicted molar refractivity (Wildman–Crippen MR) is 93.8 cm³/mol. The molecule has 10 heteroatoms. The number of rotatable bonds is 9. The van der Waals surface area contributed by atoms with Gasteiger partial charge in [0.05, 0.1) is 25.4 Å². The average Bonchev–Trinajstić information content (AvgIpc) is 3.08. The van der Waals surface area contributed by atoms with E-state index in [4.69, 9.17) is 34.4 Å². The second-order valence-corrected chi connectivity index (χ2v) is 8.76. The summed E-state index contributed by atoms with van der Waals surface area (Å²) in [6.07, 6.45) is 1.17. The fourth-order valence-corrected chi connectivity index (χ4v) is 4.74. The maximum Gasteiger partial charge on any atom is 0.269 e. The molecule has 0 amide bonds. The lowest BCUT2D eigenvalue weighted by molar-refractivity contribution is 0.0172. The van der Waals surface area contributed by atoms with E-state index in [0.29, 0.717) is 25.6 Å². The fraction of sp³-hybridized carbons (Fsp3) is 1.00. The molecule has 0 aromatic heterocycles. The summed E-state index contributed by atoms with van der Waals surface area (Å²) in [5.41, 5.74) is 0. The number of ether oxygens (including phenoxy) is 3. The Labute approximate surface area is 147 Å². The predicted octanol–water partition coefficient (Wildman–Crippen LogP) is -0.0244. The highest BCUT2D eigenvalue weighted by molar-refractivity contribution is 7.56. The zero-order chi connectivity index (χ0) is 17.7. The molecule has 7 nitrogen and oxygen atoms in total. The Morgan fingerprint density at radius 3 is 2.25 bits per heavy atom. The van der Waals surface area contributed by atoms with Gasteiger partial charge in [-0.1, -0.05) is 6.92 Å². The van der Waals surface area contributed by atoms with Crippen LogP contribution in [-0.4, -0.2) is 85.5 Å². The van der Waals surface area contributed by atoms with E-state index in [1.165, 1.54) is 0 Å². The number of likely N-dealkylation sites (N-methyl/N-ethyl adjacent to an activating group) is 1. The van der Waals surface area contributed by atoms with Gasteiger partial charge in [-0.3, -0.25) is 4.57 Å². The Hall–Kier alpha value is 0.120. The molecule has 2 aliphatic heterocycles. The first-order chi connectivity index (χ1) is 11.4. The van der Waals surface area contributed by atoms with Crippen molar-refractivity contribution in [2.45, 2.75) is 56.1 Å². The van der Waals surface area contributed by atoms with Gasteiger partial charge in [0.2, 0.25) is 0 Å². The van der Waals surface area contributed by atoms with Crippen LogP contribution in [0.4, 0.5) is 0 Å². The molecule has 7 atom stereocenters. The van der Waals surface area contributed by atoms with Gasteiger partial charge >= 0.3 is 0 Å². The molecule has 2 fully saturated rings. The molecule has 3 unspecified atom stereocenters. The highest BCUT2D eigenvalue weighted by Gasteiger charge is 2.38. The van der Waals surface area contributed by atoms with Crippen molar-refractivity contribution >= 4 is 23.2 Å². The lowest BCUT2D eigenvalue weighted by Gasteiger charge is -2.27. The number of hydrogen-bond donors (Lipinski definition) is 2. The molecule has 0 bridgehead atoms. The Kier molecular flexibility index (Phi) is 7.81. The Morgan fingerprint density at radius 2 is 1.71 bits per heavy atom. The van der Waals surface area contributed by atoms with E-state index in [2.05, 4.69) is 10.4 Å². The lowest BCUT2D eigenvalue weighted by Crippen LogP contribution is -2.40. The van der Waals surface area contributed by atoms with Crippen molar-refractivity contribution in [1.82, 2.24) is 10.4 Å². The van der Waals surface area contributed by atoms with Crippen LogP contribution in [0, 0.1) is 0 Å². The van der Waals surface area contributed by atoms with Gasteiger partial charge < -0.3 is 24.1 Å². The van der Waals surface area contributed by atoms with Gasteiger partial charge in [0.25, 0.3) is 7.52 Å². The van der Waals surface area contributed by atoms with Crippen molar-refractivity contribution < 1.29 is 23.3 Å². The highest BCUT2D eigenvalue weighted by atomic mass is 31.2. The van der Waals surface area contributed by atoms with Gasteiger partial charge in [-0.25, -0.2) is 5.09 Å². The van der Waals surface area contributed by atoms with E-state index in [-0.39, 0.29) is 36.9 Å². The van der Waals surface area contributed by atoms with Crippen molar-refractivity contribution in [3.8, 4) is 0 Å². The monoisotopic (exact) mass is 356 g/mol. The molecule has 134 valence electrons. The average molecular weight is 356 g/mol. The Balaban J connectivity index is 1.92. The molecule has 24 heavy (non-hydrogen) atoms. The van der Waals surface area contributed by atoms with Gasteiger partial charge in [0, 0.05) is 37.4 Å². The van der Waals surface area contributed by atoms with Crippen LogP contribution in [0.1, 0.15) is 19.8 Å². The first-order valence-electron chi connectivity index (χ1n) is 8.40. The van der Waals surface area contributed by atoms with Crippen molar-refractivity contribution in [3.05, 3.63) is 0 Å². The maximum absolute atomic E-state index is 13.0. The Bertz CT molecular complexity index is 447. The third-order valence-electron chi connectivity index (χ3n) is 4.50. The smallest absolute Gasteiger partial charge is 0.269 e. The molecular weight excluding hydrogens is 329 g/mol. The van der Waals surface area contributed by atoms with Crippen LogP contribution >= 0.6 is 7.52 Å². The summed E-state index contributed by atoms with van der Waals surface area (Å²) in [6.45, 7) is 2.43. The van der Waals surface area contributed by atoms with Gasteiger partial charge in [-0.15, -0.1) is 0 Å². The zero-order valence-corrected chi connectivity index (χ0v) is 15.5. The molecule has 0 spiro atoms. The molecule has 2 rings (SSSR count). The SMILES string of the molecule is [B][C@H]1CC(NC)[C@@H](COP(=O)(CC)NC2C[C@H]([B])O[C@@H]2COC)O1. The van der Waals surface area contributed by atoms with Crippen LogP contribution in [-0.2, 0) is 23.3 Å². The molecule has 4 radical (unpaired) electrons. The topological polar surface area (TPSA) is 78.1 Å². The molecule has 0 aromatic carbocycles. The minimum Gasteiger partial charge on any atom is -0.382 e. The summed E-state index contributed by atoms with van der Waals surface area (Å²) < 4.78 is 35.2. The van der Waals surface area contributed by atoms with Crippen LogP contribution in [0.25, 0.3) is 0 Å². The van der Waals surface area contributed by atoms with E-state index < -0.39 is 13.5 Å². The molecular formula is C14H27B2N2O5P. The van der Waals surface area contributed by atoms with E-state index >= 15 is 0 Å². The second-order valence-electron chi connectivity index (χ2n) is 6.27. The molecule has 0 saturated carbocycles. The van der Waals surface area contributed by atoms with E-state index in [1.54, 1.807) is 7.11 Å². The quantitative estimate of drug-likeness (QED) is 0.444. The van der Waals surface area contributed by atoms with Crippen LogP contribution in [0.5, 0.6) is 0 Å².